The summed E-state index contributed by atoms with van der Waals surface area (Å²) in [5.74, 6) is 0. The van der Waals surface area contributed by atoms with Crippen molar-refractivity contribution in [2.45, 2.75) is 26.5 Å². The summed E-state index contributed by atoms with van der Waals surface area (Å²) in [4.78, 5) is 0. The predicted molar refractivity (Wildman–Crippen MR) is 56.1 cm³/mol. The van der Waals surface area contributed by atoms with Gasteiger partial charge < -0.3 is 15.4 Å². The van der Waals surface area contributed by atoms with E-state index < -0.39 is 7.12 Å². The van der Waals surface area contributed by atoms with Crippen LogP contribution in [0.5, 0.6) is 0 Å². The summed E-state index contributed by atoms with van der Waals surface area (Å²) in [6, 6.07) is 4.10. The van der Waals surface area contributed by atoms with E-state index in [0.29, 0.717) is 13.2 Å². The summed E-state index contributed by atoms with van der Waals surface area (Å²) in [5, 5.41) is 9.56. The van der Waals surface area contributed by atoms with E-state index in [2.05, 4.69) is 13.0 Å². The smallest absolute Gasteiger partial charge is 0.423 e. The van der Waals surface area contributed by atoms with Crippen LogP contribution in [0, 0.1) is 0 Å². The third-order valence-corrected chi connectivity index (χ3v) is 2.72. The number of rotatable bonds is 2. The largest absolute Gasteiger partial charge is 0.491 e. The first-order chi connectivity index (χ1) is 6.76. The van der Waals surface area contributed by atoms with Crippen LogP contribution in [0.2, 0.25) is 0 Å². The highest BCUT2D eigenvalue weighted by Gasteiger charge is 2.29. The number of hydrogen-bond acceptors (Lipinski definition) is 3. The Kier molecular flexibility index (Phi) is 2.59. The fourth-order valence-corrected chi connectivity index (χ4v) is 1.86. The van der Waals surface area contributed by atoms with E-state index in [-0.39, 0.29) is 0 Å². The van der Waals surface area contributed by atoms with E-state index in [1.54, 1.807) is 0 Å². The molecule has 3 N–H and O–H groups in total. The highest BCUT2D eigenvalue weighted by Crippen LogP contribution is 2.17. The van der Waals surface area contributed by atoms with Gasteiger partial charge in [-0.3, -0.25) is 0 Å². The SMILES string of the molecule is CCc1cc(CN)c2c(c1)B(O)OC2. The van der Waals surface area contributed by atoms with Gasteiger partial charge >= 0.3 is 7.12 Å². The van der Waals surface area contributed by atoms with Crippen LogP contribution in [-0.4, -0.2) is 12.1 Å². The van der Waals surface area contributed by atoms with Crippen LogP contribution in [0.3, 0.4) is 0 Å². The summed E-state index contributed by atoms with van der Waals surface area (Å²) in [5.41, 5.74) is 9.91. The molecule has 0 amide bonds. The average molecular weight is 191 g/mol. The van der Waals surface area contributed by atoms with Crippen LogP contribution in [0.4, 0.5) is 0 Å². The van der Waals surface area contributed by atoms with Gasteiger partial charge in [-0.2, -0.15) is 0 Å². The zero-order chi connectivity index (χ0) is 10.1. The van der Waals surface area contributed by atoms with Crippen LogP contribution in [0.1, 0.15) is 23.6 Å². The molecular weight excluding hydrogens is 177 g/mol. The minimum Gasteiger partial charge on any atom is -0.423 e. The lowest BCUT2D eigenvalue weighted by molar-refractivity contribution is 0.275. The maximum absolute atomic E-state index is 9.56. The molecule has 1 aromatic rings. The normalized spacial score (nSPS) is 14.6. The second-order valence-corrected chi connectivity index (χ2v) is 3.54. The zero-order valence-electron chi connectivity index (χ0n) is 8.29. The van der Waals surface area contributed by atoms with Crippen LogP contribution in [-0.2, 0) is 24.2 Å². The molecule has 4 heteroatoms. The van der Waals surface area contributed by atoms with Gasteiger partial charge in [-0.1, -0.05) is 19.1 Å². The van der Waals surface area contributed by atoms with Crippen molar-refractivity contribution in [2.75, 3.05) is 0 Å². The predicted octanol–water partition coefficient (Wildman–Crippen LogP) is -0.0746. The Morgan fingerprint density at radius 3 is 3.00 bits per heavy atom. The Hall–Kier alpha value is -0.835. The molecule has 1 aromatic carbocycles. The molecule has 14 heavy (non-hydrogen) atoms. The lowest BCUT2D eigenvalue weighted by Gasteiger charge is -2.08. The summed E-state index contributed by atoms with van der Waals surface area (Å²) < 4.78 is 5.17. The first-order valence-corrected chi connectivity index (χ1v) is 4.90. The fraction of sp³-hybridized carbons (Fsp3) is 0.400. The first-order valence-electron chi connectivity index (χ1n) is 4.90. The molecule has 1 aliphatic rings. The van der Waals surface area contributed by atoms with Gasteiger partial charge in [-0.25, -0.2) is 0 Å². The Bertz CT molecular complexity index is 354. The Morgan fingerprint density at radius 1 is 1.57 bits per heavy atom. The van der Waals surface area contributed by atoms with Crippen LogP contribution < -0.4 is 11.2 Å². The van der Waals surface area contributed by atoms with Crippen molar-refractivity contribution in [1.82, 2.24) is 0 Å². The lowest BCUT2D eigenvalue weighted by atomic mass is 9.77. The maximum Gasteiger partial charge on any atom is 0.491 e. The molecule has 1 aliphatic heterocycles. The van der Waals surface area contributed by atoms with E-state index in [9.17, 15) is 5.02 Å². The molecule has 0 saturated carbocycles. The van der Waals surface area contributed by atoms with Gasteiger partial charge in [-0.15, -0.1) is 0 Å². The molecule has 74 valence electrons. The van der Waals surface area contributed by atoms with Gasteiger partial charge in [0.1, 0.15) is 0 Å². The summed E-state index contributed by atoms with van der Waals surface area (Å²) in [6.45, 7) is 3.07. The second-order valence-electron chi connectivity index (χ2n) is 3.54. The van der Waals surface area contributed by atoms with Crippen molar-refractivity contribution in [1.29, 1.82) is 0 Å². The number of aryl methyl sites for hydroxylation is 1. The number of nitrogens with two attached hydrogens (primary N) is 1. The highest BCUT2D eigenvalue weighted by atomic mass is 16.5. The summed E-state index contributed by atoms with van der Waals surface area (Å²) in [6.07, 6.45) is 0.951. The maximum atomic E-state index is 9.56. The molecule has 0 atom stereocenters. The molecule has 0 unspecified atom stereocenters. The Morgan fingerprint density at radius 2 is 2.36 bits per heavy atom. The van der Waals surface area contributed by atoms with Crippen molar-refractivity contribution < 1.29 is 9.68 Å². The summed E-state index contributed by atoms with van der Waals surface area (Å²) >= 11 is 0. The van der Waals surface area contributed by atoms with Crippen LogP contribution >= 0.6 is 0 Å². The highest BCUT2D eigenvalue weighted by molar-refractivity contribution is 6.61. The number of benzene rings is 1. The van der Waals surface area contributed by atoms with Gasteiger partial charge in [0.15, 0.2) is 0 Å². The molecule has 3 nitrogen and oxygen atoms in total. The second kappa shape index (κ2) is 3.73. The molecule has 0 bridgehead atoms. The van der Waals surface area contributed by atoms with Gasteiger partial charge in [0.2, 0.25) is 0 Å². The molecule has 0 aromatic heterocycles. The Labute approximate surface area is 84.0 Å². The van der Waals surface area contributed by atoms with Gasteiger partial charge in [0, 0.05) is 6.54 Å². The van der Waals surface area contributed by atoms with Gasteiger partial charge in [0.05, 0.1) is 6.61 Å². The topological polar surface area (TPSA) is 55.5 Å². The first kappa shape index (κ1) is 9.71. The van der Waals surface area contributed by atoms with Crippen molar-refractivity contribution >= 4 is 12.6 Å². The van der Waals surface area contributed by atoms with Crippen molar-refractivity contribution in [3.8, 4) is 0 Å². The third-order valence-electron chi connectivity index (χ3n) is 2.72. The van der Waals surface area contributed by atoms with Crippen LogP contribution in [0.25, 0.3) is 0 Å². The van der Waals surface area contributed by atoms with Crippen molar-refractivity contribution in [2.24, 2.45) is 5.73 Å². The van der Waals surface area contributed by atoms with Gasteiger partial charge in [0.25, 0.3) is 0 Å². The minimum absolute atomic E-state index is 0.479. The molecule has 0 spiro atoms. The third kappa shape index (κ3) is 1.45. The molecular formula is C10H14BNO2. The fourth-order valence-electron chi connectivity index (χ4n) is 1.86. The van der Waals surface area contributed by atoms with E-state index in [4.69, 9.17) is 10.4 Å². The molecule has 0 fully saturated rings. The quantitative estimate of drug-likeness (QED) is 0.643. The van der Waals surface area contributed by atoms with Crippen molar-refractivity contribution in [3.05, 3.63) is 28.8 Å². The minimum atomic E-state index is -0.762. The van der Waals surface area contributed by atoms with Gasteiger partial charge in [-0.05, 0) is 28.6 Å². The molecule has 0 radical (unpaired) electrons. The zero-order valence-corrected chi connectivity index (χ0v) is 8.29. The lowest BCUT2D eigenvalue weighted by Crippen LogP contribution is -2.29. The van der Waals surface area contributed by atoms with E-state index in [1.165, 1.54) is 5.56 Å². The molecule has 0 aliphatic carbocycles. The molecule has 2 rings (SSSR count). The van der Waals surface area contributed by atoms with Crippen molar-refractivity contribution in [3.63, 3.8) is 0 Å². The summed E-state index contributed by atoms with van der Waals surface area (Å²) in [7, 11) is -0.762. The van der Waals surface area contributed by atoms with E-state index in [1.807, 2.05) is 6.07 Å². The van der Waals surface area contributed by atoms with Crippen LogP contribution in [0.15, 0.2) is 12.1 Å². The molecule has 0 saturated heterocycles. The van der Waals surface area contributed by atoms with E-state index in [0.717, 1.165) is 23.0 Å². The number of hydrogen-bond donors (Lipinski definition) is 2. The molecule has 1 heterocycles. The number of fused-ring (bicyclic) bond motifs is 1. The monoisotopic (exact) mass is 191 g/mol. The van der Waals surface area contributed by atoms with E-state index >= 15 is 0 Å². The standard InChI is InChI=1S/C10H14BNO2/c1-2-7-3-8(5-12)9-6-14-11(13)10(9)4-7/h3-4,13H,2,5-6,12H2,1H3. The average Bonchev–Trinajstić information content (AvgIpc) is 2.59. The Balaban J connectivity index is 2.52.